The standard InChI is InChI=1S/C12H6ClF2N3.2C12H7F2N3O.C7H7N3.C5H6F2O4.C5H4.C5H3.C5H2.CH4/c1-2-12(14,15)10-11(13)18-9-5-7(6-16)3-4-8(9)17-10;1-2-12(13,14)10-11(18)17-8-4-3-7(6-15)5-9(8)16-10;1-2-12(13,14)10-11(18)17-9-5-7(6-15)3-4-8(9)16-10;8-4-5-1-2-6(9)7(10)3-5;1-2-4(6,7)5(10,11)3(8)9;3*1-3-5-4-2;/h2-5H,1H2;2*2-5H,1H2,(H,17,18);1-3H,9-10H2;2,10-11H,1H2,(H,8,9);1H,2H3;1H3;1H2;1H4/q;;;;;;-1;-2;. The Morgan fingerprint density at radius 2 is 1.01 bits per heavy atom. The van der Waals surface area contributed by atoms with Crippen LogP contribution < -0.4 is 22.6 Å². The summed E-state index contributed by atoms with van der Waals surface area (Å²) in [6.45, 7) is 18.0. The Hall–Kier alpha value is -12.6. The number of nitrogens with one attached hydrogen (secondary N) is 2. The monoisotopic (exact) mass is 1270 g/mol. The summed E-state index contributed by atoms with van der Waals surface area (Å²) in [6, 6.07) is 25.2. The van der Waals surface area contributed by atoms with Gasteiger partial charge in [-0.2, -0.15) is 63.1 Å². The molecule has 18 nitrogen and oxygen atoms in total. The number of aromatic nitrogens is 6. The Bertz CT molecular complexity index is 4390. The number of nitrogens with zero attached hydrogens (tertiary/aromatic N) is 8. The largest absolute Gasteiger partial charge is 0.477 e. The molecule has 27 heteroatoms. The summed E-state index contributed by atoms with van der Waals surface area (Å²) < 4.78 is 105. The third kappa shape index (κ3) is 24.3. The molecule has 464 valence electrons. The van der Waals surface area contributed by atoms with Crippen molar-refractivity contribution in [3.8, 4) is 84.0 Å². The summed E-state index contributed by atoms with van der Waals surface area (Å²) in [5, 5.41) is 58.5. The fraction of sp³-hybridized carbons (Fsp3) is 0.125. The Labute approximate surface area is 520 Å². The molecule has 7 aromatic rings. The maximum atomic E-state index is 13.5. The number of alkyl halides is 8. The zero-order chi connectivity index (χ0) is 69.2. The normalized spacial score (nSPS) is 9.65. The molecule has 0 aliphatic carbocycles. The molecule has 0 aliphatic heterocycles. The first-order chi connectivity index (χ1) is 42.2. The minimum absolute atomic E-state index is 0. The average molecular weight is 1270 g/mol. The third-order valence-corrected chi connectivity index (χ3v) is 10.1. The number of carboxylic acids is 1. The van der Waals surface area contributed by atoms with Gasteiger partial charge in [0, 0.05) is 0 Å². The van der Waals surface area contributed by atoms with Gasteiger partial charge in [0.2, 0.25) is 0 Å². The summed E-state index contributed by atoms with van der Waals surface area (Å²) in [5.74, 6) is -1.16. The van der Waals surface area contributed by atoms with Crippen LogP contribution in [0.3, 0.4) is 0 Å². The van der Waals surface area contributed by atoms with Crippen LogP contribution in [0.15, 0.2) is 133 Å². The number of nitriles is 4. The Morgan fingerprint density at radius 1 is 0.604 bits per heavy atom. The first-order valence-electron chi connectivity index (χ1n) is 23.6. The van der Waals surface area contributed by atoms with Crippen LogP contribution >= 0.6 is 11.6 Å². The SMILES string of the molecule is C.C#CC#CC.C=CC(F)(F)C(O)(O)C(=O)O.C=CC(F)(F)c1nc2cc(C#N)ccc2[nH]c1=O.C=CC(F)(F)c1nc2ccc(C#N)cc2[nH]c1=O.C=CC(F)(F)c1nc2ccc(C#N)cc2nc1Cl.N#Cc1ccc(N)c(N)c1.[C-]#CC#CC.[C-]#CC#C[CH2-]. The van der Waals surface area contributed by atoms with Crippen molar-refractivity contribution in [3.05, 3.63) is 208 Å². The van der Waals surface area contributed by atoms with Gasteiger partial charge in [-0.1, -0.05) is 51.3 Å². The Kier molecular flexibility index (Phi) is 33.3. The molecule has 0 bridgehead atoms. The summed E-state index contributed by atoms with van der Waals surface area (Å²) in [5.41, 5.74) is 10.2. The molecule has 3 heterocycles. The molecule has 91 heavy (non-hydrogen) atoms. The van der Waals surface area contributed by atoms with Crippen LogP contribution in [0.25, 0.3) is 33.1 Å². The molecule has 3 aromatic heterocycles. The lowest BCUT2D eigenvalue weighted by Crippen LogP contribution is -2.53. The summed E-state index contributed by atoms with van der Waals surface area (Å²) in [7, 11) is 0. The zero-order valence-electron chi connectivity index (χ0n) is 46.6. The number of hydrogen-bond donors (Lipinski definition) is 7. The molecule has 0 atom stereocenters. The van der Waals surface area contributed by atoms with Gasteiger partial charge in [-0.25, -0.2) is 30.7 Å². The van der Waals surface area contributed by atoms with Crippen LogP contribution in [-0.2, 0) is 22.6 Å². The van der Waals surface area contributed by atoms with Crippen LogP contribution in [0.4, 0.5) is 46.5 Å². The molecule has 0 amide bonds. The second-order valence-corrected chi connectivity index (χ2v) is 16.2. The van der Waals surface area contributed by atoms with Gasteiger partial charge in [-0.3, -0.25) is 39.2 Å². The van der Waals surface area contributed by atoms with Gasteiger partial charge < -0.3 is 49.6 Å². The van der Waals surface area contributed by atoms with Crippen molar-refractivity contribution in [1.29, 1.82) is 21.0 Å². The molecule has 9 N–H and O–H groups in total. The maximum absolute atomic E-state index is 13.5. The fourth-order valence-corrected chi connectivity index (χ4v) is 5.73. The number of fused-ring (bicyclic) bond motifs is 3. The number of hydrogen-bond acceptors (Lipinski definition) is 15. The topological polar surface area (TPSA) is 342 Å². The van der Waals surface area contributed by atoms with Gasteiger partial charge in [-0.05, 0) is 123 Å². The number of carboxylic acid groups (broad SMARTS) is 1. The van der Waals surface area contributed by atoms with E-state index in [4.69, 9.17) is 78.7 Å². The van der Waals surface area contributed by atoms with E-state index in [0.29, 0.717) is 57.3 Å². The smallest absolute Gasteiger partial charge is 0.371 e. The quantitative estimate of drug-likeness (QED) is 0.0176. The molecular weight excluding hydrogens is 1220 g/mol. The summed E-state index contributed by atoms with van der Waals surface area (Å²) >= 11 is 5.68. The molecule has 0 unspecified atom stereocenters. The van der Waals surface area contributed by atoms with Crippen molar-refractivity contribution < 1.29 is 55.2 Å². The number of rotatable bonds is 9. The van der Waals surface area contributed by atoms with E-state index in [1.54, 1.807) is 32.0 Å². The number of aliphatic carboxylic acids is 1. The molecule has 0 aliphatic rings. The van der Waals surface area contributed by atoms with Crippen LogP contribution in [0.1, 0.15) is 60.6 Å². The van der Waals surface area contributed by atoms with Crippen molar-refractivity contribution in [2.75, 3.05) is 11.5 Å². The van der Waals surface area contributed by atoms with E-state index in [-0.39, 0.29) is 41.1 Å². The molecular formula is C64H46ClF8N12O6-3. The third-order valence-electron chi connectivity index (χ3n) is 9.88. The predicted octanol–water partition coefficient (Wildman–Crippen LogP) is 10.2. The molecule has 4 aromatic carbocycles. The second kappa shape index (κ2) is 37.7. The lowest BCUT2D eigenvalue weighted by Gasteiger charge is -2.23. The van der Waals surface area contributed by atoms with Crippen LogP contribution in [-0.4, -0.2) is 62.9 Å². The highest BCUT2D eigenvalue weighted by atomic mass is 35.5. The van der Waals surface area contributed by atoms with E-state index in [1.807, 2.05) is 36.1 Å². The van der Waals surface area contributed by atoms with E-state index in [1.165, 1.54) is 54.6 Å². The zero-order valence-corrected chi connectivity index (χ0v) is 47.3. The van der Waals surface area contributed by atoms with Gasteiger partial charge in [0.15, 0.2) is 22.2 Å². The molecule has 0 saturated heterocycles. The number of aromatic amines is 2. The van der Waals surface area contributed by atoms with Gasteiger partial charge in [0.05, 0.1) is 91.0 Å². The van der Waals surface area contributed by atoms with Crippen molar-refractivity contribution in [1.82, 2.24) is 29.9 Å². The lowest BCUT2D eigenvalue weighted by molar-refractivity contribution is -0.271. The molecule has 0 saturated carbocycles. The number of halogens is 9. The molecule has 0 fully saturated rings. The highest BCUT2D eigenvalue weighted by molar-refractivity contribution is 6.30. The number of H-pyrrole nitrogens is 2. The van der Waals surface area contributed by atoms with Crippen LogP contribution in [0.2, 0.25) is 5.15 Å². The highest BCUT2D eigenvalue weighted by Gasteiger charge is 2.56. The summed E-state index contributed by atoms with van der Waals surface area (Å²) in [4.78, 5) is 52.2. The first kappa shape index (κ1) is 80.4. The summed E-state index contributed by atoms with van der Waals surface area (Å²) in [6.07, 6.45) is 18.1. The maximum Gasteiger partial charge on any atom is 0.371 e. The fourth-order valence-electron chi connectivity index (χ4n) is 5.47. The number of carbonyl (C=O) groups is 1. The van der Waals surface area contributed by atoms with E-state index >= 15 is 0 Å². The number of allylic oxidation sites excluding steroid dienone is 3. The minimum Gasteiger partial charge on any atom is -0.477 e. The number of nitrogens with two attached hydrogens (primary N) is 2. The van der Waals surface area contributed by atoms with Crippen LogP contribution in [0, 0.1) is 125 Å². The number of aliphatic hydroxyl groups is 2. The highest BCUT2D eigenvalue weighted by Crippen LogP contribution is 2.33. The van der Waals surface area contributed by atoms with Gasteiger partial charge in [0.25, 0.3) is 11.1 Å². The average Bonchev–Trinajstić information content (AvgIpc) is 3.60. The number of anilines is 2. The minimum atomic E-state index is -4.27. The van der Waals surface area contributed by atoms with Crippen LogP contribution in [0.5, 0.6) is 0 Å². The number of nitrogen functional groups attached to an aromatic ring is 2. The van der Waals surface area contributed by atoms with E-state index in [9.17, 15) is 49.5 Å². The Balaban J connectivity index is 0. The van der Waals surface area contributed by atoms with Crippen molar-refractivity contribution >= 4 is 62.0 Å². The Morgan fingerprint density at radius 3 is 1.38 bits per heavy atom. The van der Waals surface area contributed by atoms with E-state index < -0.39 is 68.8 Å². The number of terminal acetylenes is 1. The molecule has 0 radical (unpaired) electrons. The first-order valence-corrected chi connectivity index (χ1v) is 24.0. The second-order valence-electron chi connectivity index (χ2n) is 15.9. The van der Waals surface area contributed by atoms with Gasteiger partial charge >= 0.3 is 35.4 Å². The molecule has 7 rings (SSSR count). The van der Waals surface area contributed by atoms with Crippen molar-refractivity contribution in [3.63, 3.8) is 0 Å². The van der Waals surface area contributed by atoms with Crippen molar-refractivity contribution in [2.45, 2.75) is 50.8 Å². The van der Waals surface area contributed by atoms with Gasteiger partial charge in [-0.15, -0.1) is 6.42 Å². The van der Waals surface area contributed by atoms with E-state index in [2.05, 4.69) is 105 Å². The van der Waals surface area contributed by atoms with Gasteiger partial charge in [0.1, 0.15) is 0 Å². The van der Waals surface area contributed by atoms with Crippen molar-refractivity contribution in [2.24, 2.45) is 0 Å². The lowest BCUT2D eigenvalue weighted by atomic mass is 10.1. The molecule has 0 spiro atoms. The number of benzene rings is 4. The van der Waals surface area contributed by atoms with E-state index in [0.717, 1.165) is 0 Å². The predicted molar refractivity (Wildman–Crippen MR) is 325 cm³/mol.